The molecule has 2 aromatic carbocycles. The Morgan fingerprint density at radius 2 is 1.64 bits per heavy atom. The van der Waals surface area contributed by atoms with Crippen molar-refractivity contribution in [3.05, 3.63) is 69.5 Å². The first-order chi connectivity index (χ1) is 10.6. The van der Waals surface area contributed by atoms with Crippen LogP contribution < -0.4 is 0 Å². The highest BCUT2D eigenvalue weighted by atomic mass is 79.9. The molecule has 1 saturated carbocycles. The lowest BCUT2D eigenvalue weighted by Gasteiger charge is -2.21. The predicted octanol–water partition coefficient (Wildman–Crippen LogP) is 6.06. The van der Waals surface area contributed by atoms with Crippen LogP contribution in [0.3, 0.4) is 0 Å². The van der Waals surface area contributed by atoms with Crippen LogP contribution in [0.15, 0.2) is 52.5 Å². The second kappa shape index (κ2) is 6.66. The predicted molar refractivity (Wildman–Crippen MR) is 91.3 cm³/mol. The fourth-order valence-electron chi connectivity index (χ4n) is 3.10. The van der Waals surface area contributed by atoms with Gasteiger partial charge in [-0.25, -0.2) is 4.39 Å². The summed E-state index contributed by atoms with van der Waals surface area (Å²) in [5.74, 6) is -0.402. The SMILES string of the molecule is Oc1ccc(C(=C2CCCCC2)c2ccc(Br)cc2)c(F)c1. The van der Waals surface area contributed by atoms with E-state index < -0.39 is 0 Å². The Morgan fingerprint density at radius 1 is 0.955 bits per heavy atom. The Kier molecular flexibility index (Phi) is 4.63. The van der Waals surface area contributed by atoms with Gasteiger partial charge in [0, 0.05) is 16.1 Å². The molecule has 0 saturated heterocycles. The Hall–Kier alpha value is -1.61. The fraction of sp³-hybridized carbons (Fsp3) is 0.263. The average molecular weight is 361 g/mol. The van der Waals surface area contributed by atoms with Crippen LogP contribution in [-0.2, 0) is 0 Å². The highest BCUT2D eigenvalue weighted by Gasteiger charge is 2.18. The number of hydrogen-bond donors (Lipinski definition) is 1. The third-order valence-electron chi connectivity index (χ3n) is 4.17. The second-order valence-electron chi connectivity index (χ2n) is 5.71. The minimum atomic E-state index is -0.365. The summed E-state index contributed by atoms with van der Waals surface area (Å²) in [6.45, 7) is 0. The Bertz CT molecular complexity index is 696. The molecule has 0 radical (unpaired) electrons. The van der Waals surface area contributed by atoms with E-state index in [-0.39, 0.29) is 11.6 Å². The van der Waals surface area contributed by atoms with E-state index in [0.717, 1.165) is 41.3 Å². The first kappa shape index (κ1) is 15.3. The average Bonchev–Trinajstić information content (AvgIpc) is 2.52. The summed E-state index contributed by atoms with van der Waals surface area (Å²) in [7, 11) is 0. The number of aromatic hydroxyl groups is 1. The standard InChI is InChI=1S/C19H18BrFO/c20-15-8-6-14(7-9-15)19(13-4-2-1-3-5-13)17-11-10-16(22)12-18(17)21/h6-12,22H,1-5H2. The molecule has 1 fully saturated rings. The van der Waals surface area contributed by atoms with Gasteiger partial charge in [-0.1, -0.05) is 40.1 Å². The van der Waals surface area contributed by atoms with E-state index in [2.05, 4.69) is 15.9 Å². The van der Waals surface area contributed by atoms with Crippen molar-refractivity contribution in [2.75, 3.05) is 0 Å². The molecule has 1 aliphatic rings. The van der Waals surface area contributed by atoms with Crippen LogP contribution in [0.4, 0.5) is 4.39 Å². The summed E-state index contributed by atoms with van der Waals surface area (Å²) in [6.07, 6.45) is 5.61. The molecule has 0 aromatic heterocycles. The molecule has 3 heteroatoms. The highest BCUT2D eigenvalue weighted by Crippen LogP contribution is 2.37. The minimum Gasteiger partial charge on any atom is -0.508 e. The summed E-state index contributed by atoms with van der Waals surface area (Å²) in [6, 6.07) is 12.4. The van der Waals surface area contributed by atoms with E-state index >= 15 is 0 Å². The van der Waals surface area contributed by atoms with Gasteiger partial charge < -0.3 is 5.11 Å². The van der Waals surface area contributed by atoms with Crippen LogP contribution in [0.5, 0.6) is 5.75 Å². The number of allylic oxidation sites excluding steroid dienone is 1. The second-order valence-corrected chi connectivity index (χ2v) is 6.63. The molecule has 0 bridgehead atoms. The molecule has 2 aromatic rings. The van der Waals surface area contributed by atoms with Crippen molar-refractivity contribution in [1.29, 1.82) is 0 Å². The molecule has 1 N–H and O–H groups in total. The molecule has 0 heterocycles. The summed E-state index contributed by atoms with van der Waals surface area (Å²) in [5.41, 5.74) is 3.92. The molecule has 114 valence electrons. The maximum absolute atomic E-state index is 14.4. The van der Waals surface area contributed by atoms with Gasteiger partial charge in [-0.15, -0.1) is 0 Å². The van der Waals surface area contributed by atoms with Gasteiger partial charge in [0.25, 0.3) is 0 Å². The molecule has 0 atom stereocenters. The fourth-order valence-corrected chi connectivity index (χ4v) is 3.37. The van der Waals surface area contributed by atoms with Crippen molar-refractivity contribution >= 4 is 21.5 Å². The molecule has 0 aliphatic heterocycles. The number of halogens is 2. The third-order valence-corrected chi connectivity index (χ3v) is 4.69. The molecule has 0 amide bonds. The number of benzene rings is 2. The largest absolute Gasteiger partial charge is 0.508 e. The van der Waals surface area contributed by atoms with Crippen molar-refractivity contribution in [2.24, 2.45) is 0 Å². The zero-order valence-electron chi connectivity index (χ0n) is 12.3. The van der Waals surface area contributed by atoms with E-state index in [1.807, 2.05) is 24.3 Å². The molecule has 0 unspecified atom stereocenters. The maximum Gasteiger partial charge on any atom is 0.134 e. The lowest BCUT2D eigenvalue weighted by Crippen LogP contribution is -2.02. The van der Waals surface area contributed by atoms with Gasteiger partial charge in [-0.2, -0.15) is 0 Å². The number of phenolic OH excluding ortho intramolecular Hbond substituents is 1. The van der Waals surface area contributed by atoms with Gasteiger partial charge in [0.05, 0.1) is 0 Å². The van der Waals surface area contributed by atoms with E-state index in [4.69, 9.17) is 0 Å². The van der Waals surface area contributed by atoms with E-state index in [1.54, 1.807) is 12.1 Å². The van der Waals surface area contributed by atoms with Gasteiger partial charge in [0.15, 0.2) is 0 Å². The van der Waals surface area contributed by atoms with Crippen molar-refractivity contribution in [2.45, 2.75) is 32.1 Å². The smallest absolute Gasteiger partial charge is 0.134 e. The molecule has 1 aliphatic carbocycles. The van der Waals surface area contributed by atoms with Crippen LogP contribution in [0.1, 0.15) is 43.2 Å². The van der Waals surface area contributed by atoms with Crippen molar-refractivity contribution < 1.29 is 9.50 Å². The zero-order chi connectivity index (χ0) is 15.5. The molecular formula is C19H18BrFO. The van der Waals surface area contributed by atoms with Gasteiger partial charge in [-0.05, 0) is 61.1 Å². The van der Waals surface area contributed by atoms with Crippen LogP contribution in [0.25, 0.3) is 5.57 Å². The van der Waals surface area contributed by atoms with Crippen LogP contribution in [0.2, 0.25) is 0 Å². The molecule has 3 rings (SSSR count). The zero-order valence-corrected chi connectivity index (χ0v) is 13.9. The first-order valence-electron chi connectivity index (χ1n) is 7.62. The quantitative estimate of drug-likeness (QED) is 0.689. The number of rotatable bonds is 2. The lowest BCUT2D eigenvalue weighted by atomic mass is 9.85. The Morgan fingerprint density at radius 3 is 2.27 bits per heavy atom. The summed E-state index contributed by atoms with van der Waals surface area (Å²) in [5, 5.41) is 9.47. The first-order valence-corrected chi connectivity index (χ1v) is 8.41. The van der Waals surface area contributed by atoms with E-state index in [9.17, 15) is 9.50 Å². The van der Waals surface area contributed by atoms with Crippen molar-refractivity contribution in [3.63, 3.8) is 0 Å². The highest BCUT2D eigenvalue weighted by molar-refractivity contribution is 9.10. The number of phenols is 1. The molecule has 22 heavy (non-hydrogen) atoms. The van der Waals surface area contributed by atoms with E-state index in [0.29, 0.717) is 5.56 Å². The van der Waals surface area contributed by atoms with Gasteiger partial charge in [-0.3, -0.25) is 0 Å². The van der Waals surface area contributed by atoms with Crippen LogP contribution in [0, 0.1) is 5.82 Å². The summed E-state index contributed by atoms with van der Waals surface area (Å²) < 4.78 is 15.4. The van der Waals surface area contributed by atoms with Crippen LogP contribution in [-0.4, -0.2) is 5.11 Å². The maximum atomic E-state index is 14.4. The Balaban J connectivity index is 2.16. The van der Waals surface area contributed by atoms with Crippen LogP contribution >= 0.6 is 15.9 Å². The van der Waals surface area contributed by atoms with Crippen molar-refractivity contribution in [1.82, 2.24) is 0 Å². The summed E-state index contributed by atoms with van der Waals surface area (Å²) >= 11 is 3.45. The lowest BCUT2D eigenvalue weighted by molar-refractivity contribution is 0.469. The van der Waals surface area contributed by atoms with Gasteiger partial charge >= 0.3 is 0 Å². The Labute approximate surface area is 138 Å². The molecule has 1 nitrogen and oxygen atoms in total. The van der Waals surface area contributed by atoms with Gasteiger partial charge in [0.1, 0.15) is 11.6 Å². The molecule has 0 spiro atoms. The molecular weight excluding hydrogens is 343 g/mol. The topological polar surface area (TPSA) is 20.2 Å². The minimum absolute atomic E-state index is 0.0370. The monoisotopic (exact) mass is 360 g/mol. The normalized spacial score (nSPS) is 14.9. The summed E-state index contributed by atoms with van der Waals surface area (Å²) in [4.78, 5) is 0. The van der Waals surface area contributed by atoms with Crippen molar-refractivity contribution in [3.8, 4) is 5.75 Å². The van der Waals surface area contributed by atoms with Gasteiger partial charge in [0.2, 0.25) is 0 Å². The third kappa shape index (κ3) is 3.25. The number of hydrogen-bond acceptors (Lipinski definition) is 1. The van der Waals surface area contributed by atoms with E-state index in [1.165, 1.54) is 18.1 Å².